The van der Waals surface area contributed by atoms with Crippen LogP contribution in [0.25, 0.3) is 0 Å². The van der Waals surface area contributed by atoms with Crippen LogP contribution in [0.3, 0.4) is 0 Å². The number of benzene rings is 1. The maximum Gasteiger partial charge on any atom is 0.240 e. The van der Waals surface area contributed by atoms with Crippen LogP contribution >= 0.6 is 11.8 Å². The highest BCUT2D eigenvalue weighted by Gasteiger charge is 2.37. The average Bonchev–Trinajstić information content (AvgIpc) is 3.08. The maximum absolute atomic E-state index is 13.0. The van der Waals surface area contributed by atoms with E-state index in [4.69, 9.17) is 0 Å². The van der Waals surface area contributed by atoms with Gasteiger partial charge in [0.1, 0.15) is 5.82 Å². The number of carbonyl (C=O) groups is 1. The molecule has 3 atom stereocenters. The summed E-state index contributed by atoms with van der Waals surface area (Å²) >= 11 is 1.77. The van der Waals surface area contributed by atoms with Gasteiger partial charge in [-0.25, -0.2) is 4.39 Å². The molecule has 2 aliphatic heterocycles. The van der Waals surface area contributed by atoms with Gasteiger partial charge >= 0.3 is 0 Å². The second-order valence-corrected chi connectivity index (χ2v) is 6.63. The summed E-state index contributed by atoms with van der Waals surface area (Å²) < 4.78 is 13.0. The lowest BCUT2D eigenvalue weighted by atomic mass is 9.97. The van der Waals surface area contributed by atoms with Gasteiger partial charge < -0.3 is 4.90 Å². The van der Waals surface area contributed by atoms with Gasteiger partial charge in [0.2, 0.25) is 5.91 Å². The predicted molar refractivity (Wildman–Crippen MR) is 79.2 cm³/mol. The topological polar surface area (TPSA) is 32.3 Å². The van der Waals surface area contributed by atoms with Crippen molar-refractivity contribution in [3.63, 3.8) is 0 Å². The Morgan fingerprint density at radius 2 is 2.15 bits per heavy atom. The molecular weight excluding hydrogens is 275 g/mol. The number of carbonyl (C=O) groups excluding carboxylic acids is 1. The molecule has 0 saturated carbocycles. The first-order chi connectivity index (χ1) is 9.65. The van der Waals surface area contributed by atoms with E-state index in [1.165, 1.54) is 12.1 Å². The minimum absolute atomic E-state index is 0.0329. The third kappa shape index (κ3) is 2.69. The van der Waals surface area contributed by atoms with Gasteiger partial charge in [0.15, 0.2) is 0 Å². The molecule has 1 amide bonds. The molecule has 1 N–H and O–H groups in total. The molecule has 108 valence electrons. The molecule has 2 aliphatic rings. The molecule has 0 radical (unpaired) electrons. The summed E-state index contributed by atoms with van der Waals surface area (Å²) in [5.41, 5.74) is 1.13. The highest BCUT2D eigenvalue weighted by Crippen LogP contribution is 2.32. The van der Waals surface area contributed by atoms with Crippen LogP contribution in [-0.2, 0) is 4.79 Å². The van der Waals surface area contributed by atoms with E-state index in [0.717, 1.165) is 30.2 Å². The van der Waals surface area contributed by atoms with Crippen LogP contribution in [0.1, 0.15) is 24.8 Å². The van der Waals surface area contributed by atoms with Gasteiger partial charge in [0.25, 0.3) is 0 Å². The van der Waals surface area contributed by atoms with E-state index in [2.05, 4.69) is 12.2 Å². The summed E-state index contributed by atoms with van der Waals surface area (Å²) in [6.45, 7) is 2.85. The molecule has 2 heterocycles. The first-order valence-electron chi connectivity index (χ1n) is 7.02. The van der Waals surface area contributed by atoms with Crippen LogP contribution in [0, 0.1) is 5.82 Å². The van der Waals surface area contributed by atoms with Crippen molar-refractivity contribution in [3.8, 4) is 0 Å². The number of rotatable bonds is 2. The third-order valence-electron chi connectivity index (χ3n) is 4.21. The first kappa shape index (κ1) is 13.9. The molecule has 1 aromatic rings. The van der Waals surface area contributed by atoms with Crippen molar-refractivity contribution in [3.05, 3.63) is 35.6 Å². The van der Waals surface area contributed by atoms with Gasteiger partial charge in [0, 0.05) is 30.1 Å². The van der Waals surface area contributed by atoms with Gasteiger partial charge in [-0.15, -0.1) is 11.8 Å². The van der Waals surface area contributed by atoms with Crippen molar-refractivity contribution in [2.24, 2.45) is 0 Å². The molecule has 0 bridgehead atoms. The summed E-state index contributed by atoms with van der Waals surface area (Å²) in [5, 5.41) is 3.24. The monoisotopic (exact) mass is 294 g/mol. The van der Waals surface area contributed by atoms with Crippen LogP contribution in [0.15, 0.2) is 24.3 Å². The highest BCUT2D eigenvalue weighted by atomic mass is 32.2. The van der Waals surface area contributed by atoms with Crippen molar-refractivity contribution in [1.82, 2.24) is 10.2 Å². The van der Waals surface area contributed by atoms with Crippen molar-refractivity contribution in [2.45, 2.75) is 31.3 Å². The lowest BCUT2D eigenvalue weighted by Gasteiger charge is -2.24. The number of thioether (sulfide) groups is 1. The summed E-state index contributed by atoms with van der Waals surface area (Å²) in [6.07, 6.45) is 0.956. The van der Waals surface area contributed by atoms with E-state index >= 15 is 0 Å². The molecule has 2 fully saturated rings. The average molecular weight is 294 g/mol. The van der Waals surface area contributed by atoms with Crippen LogP contribution in [0.5, 0.6) is 0 Å². The molecule has 0 unspecified atom stereocenters. The van der Waals surface area contributed by atoms with Crippen molar-refractivity contribution < 1.29 is 9.18 Å². The number of nitrogens with one attached hydrogen (secondary N) is 1. The van der Waals surface area contributed by atoms with E-state index in [1.54, 1.807) is 11.8 Å². The molecule has 1 aromatic carbocycles. The molecule has 0 aliphatic carbocycles. The SMILES string of the molecule is C[C@@H]1C[C@@H](c2ccc(F)cc2)CN1C(=O)[C@@H]1CSCN1. The minimum Gasteiger partial charge on any atom is -0.338 e. The van der Waals surface area contributed by atoms with Crippen LogP contribution in [-0.4, -0.2) is 41.1 Å². The quantitative estimate of drug-likeness (QED) is 0.907. The van der Waals surface area contributed by atoms with Crippen molar-refractivity contribution in [1.29, 1.82) is 0 Å². The summed E-state index contributed by atoms with van der Waals surface area (Å²) in [4.78, 5) is 14.5. The molecule has 2 saturated heterocycles. The number of hydrogen-bond donors (Lipinski definition) is 1. The van der Waals surface area contributed by atoms with E-state index in [0.29, 0.717) is 5.92 Å². The Kier molecular flexibility index (Phi) is 3.98. The highest BCUT2D eigenvalue weighted by molar-refractivity contribution is 7.99. The predicted octanol–water partition coefficient (Wildman–Crippen LogP) is 2.19. The molecule has 3 rings (SSSR count). The summed E-state index contributed by atoms with van der Waals surface area (Å²) in [7, 11) is 0. The van der Waals surface area contributed by atoms with Crippen LogP contribution in [0.4, 0.5) is 4.39 Å². The zero-order chi connectivity index (χ0) is 14.1. The lowest BCUT2D eigenvalue weighted by Crippen LogP contribution is -2.46. The second-order valence-electron chi connectivity index (χ2n) is 5.60. The Morgan fingerprint density at radius 1 is 1.40 bits per heavy atom. The van der Waals surface area contributed by atoms with Gasteiger partial charge in [-0.2, -0.15) is 0 Å². The molecular formula is C15H19FN2OS. The van der Waals surface area contributed by atoms with Crippen molar-refractivity contribution >= 4 is 17.7 Å². The normalized spacial score (nSPS) is 29.9. The fourth-order valence-electron chi connectivity index (χ4n) is 3.07. The minimum atomic E-state index is -0.208. The van der Waals surface area contributed by atoms with Crippen LogP contribution in [0.2, 0.25) is 0 Å². The number of amides is 1. The van der Waals surface area contributed by atoms with E-state index in [-0.39, 0.29) is 23.8 Å². The maximum atomic E-state index is 13.0. The largest absolute Gasteiger partial charge is 0.338 e. The molecule has 0 aromatic heterocycles. The Balaban J connectivity index is 1.69. The van der Waals surface area contributed by atoms with Crippen molar-refractivity contribution in [2.75, 3.05) is 18.2 Å². The van der Waals surface area contributed by atoms with E-state index in [1.807, 2.05) is 17.0 Å². The molecule has 5 heteroatoms. The third-order valence-corrected chi connectivity index (χ3v) is 5.15. The Morgan fingerprint density at radius 3 is 2.80 bits per heavy atom. The Bertz CT molecular complexity index is 487. The fourth-order valence-corrected chi connectivity index (χ4v) is 4.00. The molecule has 3 nitrogen and oxygen atoms in total. The number of halogens is 1. The van der Waals surface area contributed by atoms with Gasteiger partial charge in [-0.05, 0) is 31.0 Å². The zero-order valence-corrected chi connectivity index (χ0v) is 12.3. The smallest absolute Gasteiger partial charge is 0.240 e. The summed E-state index contributed by atoms with van der Waals surface area (Å²) in [6, 6.07) is 6.90. The molecule has 20 heavy (non-hydrogen) atoms. The van der Waals surface area contributed by atoms with E-state index < -0.39 is 0 Å². The van der Waals surface area contributed by atoms with Crippen LogP contribution < -0.4 is 5.32 Å². The van der Waals surface area contributed by atoms with Gasteiger partial charge in [-0.3, -0.25) is 10.1 Å². The standard InChI is InChI=1S/C15H19FN2OS/c1-10-6-12(11-2-4-13(16)5-3-11)7-18(10)15(19)14-8-20-9-17-14/h2-5,10,12,14,17H,6-9H2,1H3/t10-,12-,14+/m1/s1. The Hall–Kier alpha value is -1.07. The first-order valence-corrected chi connectivity index (χ1v) is 8.17. The van der Waals surface area contributed by atoms with Gasteiger partial charge in [-0.1, -0.05) is 12.1 Å². The second kappa shape index (κ2) is 5.74. The lowest BCUT2D eigenvalue weighted by molar-refractivity contribution is -0.133. The zero-order valence-electron chi connectivity index (χ0n) is 11.5. The molecule has 0 spiro atoms. The van der Waals surface area contributed by atoms with Gasteiger partial charge in [0.05, 0.1) is 6.04 Å². The fraction of sp³-hybridized carbons (Fsp3) is 0.533. The summed E-state index contributed by atoms with van der Waals surface area (Å²) in [5.74, 6) is 2.05. The number of nitrogens with zero attached hydrogens (tertiary/aromatic N) is 1. The number of likely N-dealkylation sites (tertiary alicyclic amines) is 1. The Labute approximate surface area is 122 Å². The number of hydrogen-bond acceptors (Lipinski definition) is 3. The van der Waals surface area contributed by atoms with E-state index in [9.17, 15) is 9.18 Å².